The number of urea groups is 1. The predicted octanol–water partition coefficient (Wildman–Crippen LogP) is 4.80. The summed E-state index contributed by atoms with van der Waals surface area (Å²) >= 11 is 3.24. The molecule has 4 rings (SSSR count). The summed E-state index contributed by atoms with van der Waals surface area (Å²) in [7, 11) is 1.39. The number of nitrogens with zero attached hydrogens (tertiary/aromatic N) is 2. The number of hydrogen-bond donors (Lipinski definition) is 3. The van der Waals surface area contributed by atoms with E-state index in [1.54, 1.807) is 32.0 Å². The highest BCUT2D eigenvalue weighted by Gasteiger charge is 2.32. The minimum absolute atomic E-state index is 0.0985. The third-order valence-electron chi connectivity index (χ3n) is 6.62. The molecule has 3 aromatic carbocycles. The van der Waals surface area contributed by atoms with Crippen LogP contribution in [0.25, 0.3) is 0 Å². The molecule has 0 aromatic heterocycles. The number of methoxy groups -OCH3 is 1. The van der Waals surface area contributed by atoms with Crippen LogP contribution in [0.2, 0.25) is 0 Å². The van der Waals surface area contributed by atoms with E-state index >= 15 is 0 Å². The number of carbonyl (C=O) groups is 3. The van der Waals surface area contributed by atoms with Gasteiger partial charge in [-0.25, -0.2) is 19.4 Å². The fourth-order valence-electron chi connectivity index (χ4n) is 4.48. The molecule has 0 radical (unpaired) electrons. The summed E-state index contributed by atoms with van der Waals surface area (Å²) in [5.74, 6) is -1.43. The molecule has 3 N–H and O–H groups in total. The Balaban J connectivity index is 1.40. The molecule has 3 aromatic rings. The Labute approximate surface area is 276 Å². The van der Waals surface area contributed by atoms with Gasteiger partial charge >= 0.3 is 17.7 Å². The number of benzene rings is 3. The van der Waals surface area contributed by atoms with Gasteiger partial charge in [-0.2, -0.15) is 5.10 Å². The van der Waals surface area contributed by atoms with Crippen LogP contribution >= 0.6 is 15.9 Å². The van der Waals surface area contributed by atoms with Crippen molar-refractivity contribution in [3.8, 4) is 17.2 Å². The first-order valence-corrected chi connectivity index (χ1v) is 14.7. The van der Waals surface area contributed by atoms with Gasteiger partial charge in [0.15, 0.2) is 18.1 Å². The van der Waals surface area contributed by atoms with Gasteiger partial charge in [0.1, 0.15) is 12.4 Å². The summed E-state index contributed by atoms with van der Waals surface area (Å²) < 4.78 is 35.9. The van der Waals surface area contributed by atoms with E-state index in [4.69, 9.17) is 18.9 Å². The highest BCUT2D eigenvalue weighted by molar-refractivity contribution is 9.10. The van der Waals surface area contributed by atoms with Crippen molar-refractivity contribution in [2.24, 2.45) is 5.10 Å². The van der Waals surface area contributed by atoms with E-state index in [1.165, 1.54) is 49.7 Å². The number of nitro benzene ring substituents is 1. The molecule has 0 spiro atoms. The van der Waals surface area contributed by atoms with E-state index in [-0.39, 0.29) is 51.6 Å². The number of esters is 1. The average Bonchev–Trinajstić information content (AvgIpc) is 3.03. The third-order valence-corrected chi connectivity index (χ3v) is 7.21. The number of nitrogens with one attached hydrogen (secondary N) is 3. The van der Waals surface area contributed by atoms with Crippen molar-refractivity contribution in [1.82, 2.24) is 16.1 Å². The Bertz CT molecular complexity index is 1770. The number of ether oxygens (including phenoxy) is 4. The minimum Gasteiger partial charge on any atom is -0.493 e. The zero-order chi connectivity index (χ0) is 34.1. The second kappa shape index (κ2) is 15.7. The number of carbonyl (C=O) groups excluding carboxylic acids is 3. The molecule has 3 amide bonds. The van der Waals surface area contributed by atoms with E-state index in [0.29, 0.717) is 11.3 Å². The summed E-state index contributed by atoms with van der Waals surface area (Å²) in [6.45, 7) is 2.70. The molecule has 0 unspecified atom stereocenters. The van der Waals surface area contributed by atoms with Crippen LogP contribution in [0, 0.1) is 15.9 Å². The summed E-state index contributed by atoms with van der Waals surface area (Å²) in [4.78, 5) is 48.3. The Morgan fingerprint density at radius 3 is 2.62 bits per heavy atom. The van der Waals surface area contributed by atoms with E-state index in [9.17, 15) is 28.9 Å². The molecule has 0 saturated heterocycles. The maximum atomic E-state index is 14.0. The quantitative estimate of drug-likeness (QED) is 0.0970. The van der Waals surface area contributed by atoms with Gasteiger partial charge in [-0.1, -0.05) is 24.3 Å². The van der Waals surface area contributed by atoms with Crippen molar-refractivity contribution in [3.63, 3.8) is 0 Å². The van der Waals surface area contributed by atoms with Gasteiger partial charge < -0.3 is 29.6 Å². The van der Waals surface area contributed by atoms with Crippen LogP contribution in [0.4, 0.5) is 14.9 Å². The van der Waals surface area contributed by atoms with E-state index in [2.05, 4.69) is 37.1 Å². The zero-order valence-electron chi connectivity index (χ0n) is 25.3. The van der Waals surface area contributed by atoms with Crippen LogP contribution < -0.4 is 30.3 Å². The van der Waals surface area contributed by atoms with Crippen molar-refractivity contribution >= 4 is 45.7 Å². The smallest absolute Gasteiger partial charge is 0.338 e. The molecule has 0 saturated carbocycles. The van der Waals surface area contributed by atoms with Gasteiger partial charge in [0.25, 0.3) is 5.91 Å². The lowest BCUT2D eigenvalue weighted by Crippen LogP contribution is -2.45. The van der Waals surface area contributed by atoms with Crippen LogP contribution in [-0.4, -0.2) is 49.4 Å². The van der Waals surface area contributed by atoms with Gasteiger partial charge in [0.05, 0.1) is 40.9 Å². The molecule has 1 atom stereocenters. The molecular weight excluding hydrogens is 685 g/mol. The first kappa shape index (κ1) is 34.4. The topological polar surface area (TPSA) is 180 Å². The van der Waals surface area contributed by atoms with E-state index in [1.807, 2.05) is 0 Å². The van der Waals surface area contributed by atoms with Crippen LogP contribution in [-0.2, 0) is 20.9 Å². The summed E-state index contributed by atoms with van der Waals surface area (Å²) in [6, 6.07) is 11.9. The first-order valence-electron chi connectivity index (χ1n) is 13.9. The minimum atomic E-state index is -0.827. The fourth-order valence-corrected chi connectivity index (χ4v) is 5.06. The number of allylic oxidation sites excluding steroid dienone is 1. The molecule has 16 heteroatoms. The number of rotatable bonds is 13. The number of amides is 3. The van der Waals surface area contributed by atoms with Gasteiger partial charge in [0, 0.05) is 22.9 Å². The molecule has 0 bridgehead atoms. The maximum Gasteiger partial charge on any atom is 0.338 e. The first-order chi connectivity index (χ1) is 22.5. The second-order valence-corrected chi connectivity index (χ2v) is 10.6. The third kappa shape index (κ3) is 8.61. The van der Waals surface area contributed by atoms with Crippen LogP contribution in [0.1, 0.15) is 36.6 Å². The Kier molecular flexibility index (Phi) is 11.5. The predicted molar refractivity (Wildman–Crippen MR) is 169 cm³/mol. The Morgan fingerprint density at radius 2 is 1.91 bits per heavy atom. The summed E-state index contributed by atoms with van der Waals surface area (Å²) in [5.41, 5.74) is 3.44. The van der Waals surface area contributed by atoms with E-state index < -0.39 is 47.0 Å². The second-order valence-electron chi connectivity index (χ2n) is 9.77. The lowest BCUT2D eigenvalue weighted by molar-refractivity contribution is -0.386. The van der Waals surface area contributed by atoms with Crippen molar-refractivity contribution in [2.45, 2.75) is 26.5 Å². The van der Waals surface area contributed by atoms with Gasteiger partial charge in [-0.3, -0.25) is 14.9 Å². The lowest BCUT2D eigenvalue weighted by atomic mass is 9.95. The van der Waals surface area contributed by atoms with Gasteiger partial charge in [0.2, 0.25) is 5.75 Å². The largest absolute Gasteiger partial charge is 0.493 e. The molecule has 0 fully saturated rings. The number of hydrazone groups is 1. The highest BCUT2D eigenvalue weighted by Crippen LogP contribution is 2.37. The van der Waals surface area contributed by atoms with E-state index in [0.717, 1.165) is 0 Å². The van der Waals surface area contributed by atoms with Crippen LogP contribution in [0.3, 0.4) is 0 Å². The average molecular weight is 715 g/mol. The zero-order valence-corrected chi connectivity index (χ0v) is 26.9. The Morgan fingerprint density at radius 1 is 1.15 bits per heavy atom. The maximum absolute atomic E-state index is 14.0. The van der Waals surface area contributed by atoms with Gasteiger partial charge in [-0.05, 0) is 59.6 Å². The van der Waals surface area contributed by atoms with Crippen molar-refractivity contribution in [3.05, 3.63) is 103 Å². The molecular formula is C31H29BrFN5O9. The molecule has 1 heterocycles. The van der Waals surface area contributed by atoms with Crippen molar-refractivity contribution in [2.75, 3.05) is 20.3 Å². The van der Waals surface area contributed by atoms with Crippen molar-refractivity contribution in [1.29, 1.82) is 0 Å². The molecule has 14 nitrogen and oxygen atoms in total. The summed E-state index contributed by atoms with van der Waals surface area (Å²) in [5, 5.41) is 20.8. The standard InChI is InChI=1S/C31H29BrFN5O9/c1-4-45-30(40)27-17(2)35-31(41)36-28(27)19-9-10-24(25(13-19)44-3)46-16-26(39)37-34-14-18-11-21(32)29(23(12-18)38(42)43)47-15-20-7-5-6-8-22(20)33/h5-14,28H,4,15-16H2,1-3H3,(H,37,39)(H2,35,36,41)/b34-14+/t28-/m1/s1. The monoisotopic (exact) mass is 713 g/mol. The molecule has 0 aliphatic carbocycles. The normalized spacial score (nSPS) is 14.2. The molecule has 1 aliphatic heterocycles. The van der Waals surface area contributed by atoms with Crippen LogP contribution in [0.5, 0.6) is 17.2 Å². The van der Waals surface area contributed by atoms with Crippen LogP contribution in [0.15, 0.2) is 75.4 Å². The molecule has 246 valence electrons. The van der Waals surface area contributed by atoms with Crippen molar-refractivity contribution < 1.29 is 42.6 Å². The lowest BCUT2D eigenvalue weighted by Gasteiger charge is -2.28. The highest BCUT2D eigenvalue weighted by atomic mass is 79.9. The number of halogens is 2. The SMILES string of the molecule is CCOC(=O)C1=C(C)NC(=O)N[C@@H]1c1ccc(OCC(=O)N/N=C/c2cc(Br)c(OCc3ccccc3F)c([N+](=O)[O-])c2)c(OC)c1. The fraction of sp³-hybridized carbons (Fsp3) is 0.226. The molecule has 47 heavy (non-hydrogen) atoms. The Hall–Kier alpha value is -5.51. The number of nitro groups is 1. The number of hydrogen-bond acceptors (Lipinski definition) is 10. The summed E-state index contributed by atoms with van der Waals surface area (Å²) in [6.07, 6.45) is 1.19. The van der Waals surface area contributed by atoms with Gasteiger partial charge in [-0.15, -0.1) is 0 Å². The molecule has 1 aliphatic rings.